The van der Waals surface area contributed by atoms with Crippen molar-refractivity contribution < 1.29 is 14.3 Å². The van der Waals surface area contributed by atoms with Crippen molar-refractivity contribution in [2.45, 2.75) is 19.6 Å². The van der Waals surface area contributed by atoms with E-state index in [0.717, 1.165) is 11.1 Å². The van der Waals surface area contributed by atoms with Crippen LogP contribution in [0.2, 0.25) is 5.02 Å². The van der Waals surface area contributed by atoms with Gasteiger partial charge >= 0.3 is 12.0 Å². The van der Waals surface area contributed by atoms with Crippen LogP contribution in [-0.4, -0.2) is 12.0 Å². The second-order valence-electron chi connectivity index (χ2n) is 6.23. The number of nitrogens with one attached hydrogen (secondary N) is 2. The Labute approximate surface area is 157 Å². The molecule has 26 heavy (non-hydrogen) atoms. The SMILES string of the molecule is C=C1NC(=O)NC(c2cccc(Cl)c2)C1C(=O)OCc1ccc(C)cc1. The summed E-state index contributed by atoms with van der Waals surface area (Å²) in [6, 6.07) is 13.7. The lowest BCUT2D eigenvalue weighted by Crippen LogP contribution is -2.51. The summed E-state index contributed by atoms with van der Waals surface area (Å²) in [6.45, 7) is 5.97. The van der Waals surface area contributed by atoms with Gasteiger partial charge in [0.25, 0.3) is 0 Å². The Bertz CT molecular complexity index is 848. The summed E-state index contributed by atoms with van der Waals surface area (Å²) in [4.78, 5) is 24.6. The van der Waals surface area contributed by atoms with Crippen molar-refractivity contribution in [2.75, 3.05) is 0 Å². The lowest BCUT2D eigenvalue weighted by atomic mass is 9.89. The highest BCUT2D eigenvalue weighted by atomic mass is 35.5. The minimum absolute atomic E-state index is 0.152. The van der Waals surface area contributed by atoms with Gasteiger partial charge in [0.05, 0.1) is 6.04 Å². The molecule has 1 aliphatic heterocycles. The number of rotatable bonds is 4. The maximum atomic E-state index is 12.7. The van der Waals surface area contributed by atoms with E-state index in [2.05, 4.69) is 17.2 Å². The number of carbonyl (C=O) groups is 2. The van der Waals surface area contributed by atoms with Gasteiger partial charge in [-0.2, -0.15) is 0 Å². The second-order valence-corrected chi connectivity index (χ2v) is 6.66. The zero-order valence-electron chi connectivity index (χ0n) is 14.3. The first kappa shape index (κ1) is 18.0. The fourth-order valence-corrected chi connectivity index (χ4v) is 3.07. The van der Waals surface area contributed by atoms with Crippen LogP contribution < -0.4 is 10.6 Å². The number of carbonyl (C=O) groups excluding carboxylic acids is 2. The third kappa shape index (κ3) is 4.06. The van der Waals surface area contributed by atoms with Gasteiger partial charge in [0, 0.05) is 10.7 Å². The average Bonchev–Trinajstić information content (AvgIpc) is 2.60. The zero-order chi connectivity index (χ0) is 18.7. The van der Waals surface area contributed by atoms with Gasteiger partial charge in [-0.1, -0.05) is 60.1 Å². The highest BCUT2D eigenvalue weighted by Crippen LogP contribution is 2.31. The van der Waals surface area contributed by atoms with Crippen molar-refractivity contribution >= 4 is 23.6 Å². The Balaban J connectivity index is 1.79. The largest absolute Gasteiger partial charge is 0.460 e. The van der Waals surface area contributed by atoms with Gasteiger partial charge in [0.1, 0.15) is 12.5 Å². The van der Waals surface area contributed by atoms with Gasteiger partial charge in [0.2, 0.25) is 0 Å². The van der Waals surface area contributed by atoms with E-state index in [1.54, 1.807) is 24.3 Å². The Morgan fingerprint density at radius 1 is 1.23 bits per heavy atom. The number of urea groups is 1. The molecule has 1 fully saturated rings. The van der Waals surface area contributed by atoms with Crippen molar-refractivity contribution in [3.63, 3.8) is 0 Å². The third-order valence-corrected chi connectivity index (χ3v) is 4.47. The van der Waals surface area contributed by atoms with Crippen molar-refractivity contribution in [3.8, 4) is 0 Å². The molecule has 2 aromatic carbocycles. The minimum atomic E-state index is -0.753. The van der Waals surface area contributed by atoms with Crippen LogP contribution in [0.1, 0.15) is 22.7 Å². The number of hydrogen-bond donors (Lipinski definition) is 2. The molecule has 0 spiro atoms. The number of halogens is 1. The van der Waals surface area contributed by atoms with Crippen LogP contribution in [0.15, 0.2) is 60.8 Å². The summed E-state index contributed by atoms with van der Waals surface area (Å²) < 4.78 is 5.47. The van der Waals surface area contributed by atoms with Crippen LogP contribution in [-0.2, 0) is 16.1 Å². The summed E-state index contributed by atoms with van der Waals surface area (Å²) in [5.41, 5.74) is 3.04. The molecule has 5 nitrogen and oxygen atoms in total. The highest BCUT2D eigenvalue weighted by molar-refractivity contribution is 6.30. The predicted octanol–water partition coefficient (Wildman–Crippen LogP) is 3.88. The Morgan fingerprint density at radius 3 is 2.65 bits per heavy atom. The molecule has 2 N–H and O–H groups in total. The molecular formula is C20H19ClN2O3. The Hall–Kier alpha value is -2.79. The first-order chi connectivity index (χ1) is 12.4. The molecule has 6 heteroatoms. The molecule has 1 aliphatic rings. The standard InChI is InChI=1S/C20H19ClN2O3/c1-12-6-8-14(9-7-12)11-26-19(24)17-13(2)22-20(25)23-18(17)15-4-3-5-16(21)10-15/h3-10,17-18H,2,11H2,1H3,(H2,22,23,25). The van der Waals surface area contributed by atoms with E-state index < -0.39 is 24.0 Å². The monoisotopic (exact) mass is 370 g/mol. The van der Waals surface area contributed by atoms with Crippen LogP contribution in [0.3, 0.4) is 0 Å². The first-order valence-electron chi connectivity index (χ1n) is 8.18. The van der Waals surface area contributed by atoms with Crippen LogP contribution >= 0.6 is 11.6 Å². The smallest absolute Gasteiger partial charge is 0.319 e. The molecule has 0 bridgehead atoms. The molecule has 1 heterocycles. The molecular weight excluding hydrogens is 352 g/mol. The quantitative estimate of drug-likeness (QED) is 0.803. The number of esters is 1. The summed E-state index contributed by atoms with van der Waals surface area (Å²) >= 11 is 6.05. The van der Waals surface area contributed by atoms with E-state index in [4.69, 9.17) is 16.3 Å². The molecule has 2 amide bonds. The third-order valence-electron chi connectivity index (χ3n) is 4.23. The van der Waals surface area contributed by atoms with Crippen LogP contribution in [0, 0.1) is 12.8 Å². The maximum absolute atomic E-state index is 12.7. The van der Waals surface area contributed by atoms with Gasteiger partial charge in [-0.05, 0) is 30.2 Å². The van der Waals surface area contributed by atoms with Crippen LogP contribution in [0.5, 0.6) is 0 Å². The van der Waals surface area contributed by atoms with Gasteiger partial charge in [0.15, 0.2) is 0 Å². The zero-order valence-corrected chi connectivity index (χ0v) is 15.0. The number of ether oxygens (including phenoxy) is 1. The summed E-state index contributed by atoms with van der Waals surface area (Å²) in [5, 5.41) is 5.83. The van der Waals surface area contributed by atoms with E-state index in [-0.39, 0.29) is 6.61 Å². The van der Waals surface area contributed by atoms with E-state index in [9.17, 15) is 9.59 Å². The molecule has 0 radical (unpaired) electrons. The molecule has 2 atom stereocenters. The fourth-order valence-electron chi connectivity index (χ4n) is 2.87. The van der Waals surface area contributed by atoms with Gasteiger partial charge in [-0.15, -0.1) is 0 Å². The number of aryl methyl sites for hydroxylation is 1. The summed E-state index contributed by atoms with van der Waals surface area (Å²) in [5.74, 6) is -1.22. The molecule has 0 aromatic heterocycles. The van der Waals surface area contributed by atoms with Gasteiger partial charge < -0.3 is 15.4 Å². The van der Waals surface area contributed by atoms with Crippen molar-refractivity contribution in [2.24, 2.45) is 5.92 Å². The fraction of sp³-hybridized carbons (Fsp3) is 0.200. The molecule has 134 valence electrons. The van der Waals surface area contributed by atoms with Crippen molar-refractivity contribution in [1.29, 1.82) is 0 Å². The van der Waals surface area contributed by atoms with Crippen LogP contribution in [0.4, 0.5) is 4.79 Å². The lowest BCUT2D eigenvalue weighted by molar-refractivity contribution is -0.149. The highest BCUT2D eigenvalue weighted by Gasteiger charge is 2.39. The topological polar surface area (TPSA) is 67.4 Å². The molecule has 1 saturated heterocycles. The van der Waals surface area contributed by atoms with Gasteiger partial charge in [-0.3, -0.25) is 4.79 Å². The molecule has 2 aromatic rings. The Morgan fingerprint density at radius 2 is 1.96 bits per heavy atom. The minimum Gasteiger partial charge on any atom is -0.460 e. The van der Waals surface area contributed by atoms with Crippen molar-refractivity contribution in [3.05, 3.63) is 82.5 Å². The lowest BCUT2D eigenvalue weighted by Gasteiger charge is -2.33. The second kappa shape index (κ2) is 7.62. The predicted molar refractivity (Wildman–Crippen MR) is 99.5 cm³/mol. The number of benzene rings is 2. The molecule has 3 rings (SSSR count). The van der Waals surface area contributed by atoms with Crippen molar-refractivity contribution in [1.82, 2.24) is 10.6 Å². The number of amides is 2. The van der Waals surface area contributed by atoms with Crippen LogP contribution in [0.25, 0.3) is 0 Å². The van der Waals surface area contributed by atoms with E-state index in [1.165, 1.54) is 0 Å². The van der Waals surface area contributed by atoms with E-state index in [0.29, 0.717) is 16.3 Å². The maximum Gasteiger partial charge on any atom is 0.319 e. The Kier molecular flexibility index (Phi) is 5.28. The normalized spacial score (nSPS) is 19.5. The van der Waals surface area contributed by atoms with E-state index >= 15 is 0 Å². The average molecular weight is 371 g/mol. The number of hydrogen-bond acceptors (Lipinski definition) is 3. The molecule has 2 unspecified atom stereocenters. The first-order valence-corrected chi connectivity index (χ1v) is 8.56. The summed E-state index contributed by atoms with van der Waals surface area (Å²) in [7, 11) is 0. The molecule has 0 aliphatic carbocycles. The summed E-state index contributed by atoms with van der Waals surface area (Å²) in [6.07, 6.45) is 0. The molecule has 0 saturated carbocycles. The van der Waals surface area contributed by atoms with E-state index in [1.807, 2.05) is 31.2 Å². The van der Waals surface area contributed by atoms with Gasteiger partial charge in [-0.25, -0.2) is 4.79 Å².